The van der Waals surface area contributed by atoms with Crippen LogP contribution in [-0.2, 0) is 9.53 Å². The van der Waals surface area contributed by atoms with Crippen LogP contribution < -0.4 is 0 Å². The highest BCUT2D eigenvalue weighted by Gasteiger charge is 2.21. The van der Waals surface area contributed by atoms with Gasteiger partial charge in [0.05, 0.1) is 6.61 Å². The van der Waals surface area contributed by atoms with Crippen LogP contribution in [0.2, 0.25) is 0 Å². The first-order valence-electron chi connectivity index (χ1n) is 6.19. The highest BCUT2D eigenvalue weighted by molar-refractivity contribution is 5.81. The van der Waals surface area contributed by atoms with Crippen LogP contribution in [0.4, 0.5) is 0 Å². The van der Waals surface area contributed by atoms with E-state index in [-0.39, 0.29) is 5.97 Å². The molecule has 0 spiro atoms. The van der Waals surface area contributed by atoms with Crippen molar-refractivity contribution in [3.05, 3.63) is 12.2 Å². The normalized spacial score (nSPS) is 27.2. The Kier molecular flexibility index (Phi) is 5.53. The van der Waals surface area contributed by atoms with Crippen LogP contribution in [0.25, 0.3) is 0 Å². The standard InChI is InChI=1S/C13H23NO2/c1-4-16-13(15)6-5-8-14-9-7-11(2)12(3)10-14/h5-6,11-12H,4,7-10H2,1-3H3/b6-5+. The topological polar surface area (TPSA) is 29.5 Å². The molecular weight excluding hydrogens is 202 g/mol. The molecular formula is C13H23NO2. The van der Waals surface area contributed by atoms with E-state index in [1.807, 2.05) is 13.0 Å². The Labute approximate surface area is 98.5 Å². The lowest BCUT2D eigenvalue weighted by atomic mass is 9.89. The van der Waals surface area contributed by atoms with E-state index in [2.05, 4.69) is 18.7 Å². The number of likely N-dealkylation sites (tertiary alicyclic amines) is 1. The van der Waals surface area contributed by atoms with Gasteiger partial charge in [-0.05, 0) is 31.7 Å². The summed E-state index contributed by atoms with van der Waals surface area (Å²) in [4.78, 5) is 13.5. The molecule has 1 saturated heterocycles. The third-order valence-electron chi connectivity index (χ3n) is 3.32. The predicted molar refractivity (Wildman–Crippen MR) is 65.2 cm³/mol. The summed E-state index contributed by atoms with van der Waals surface area (Å²) in [6.45, 7) is 10.0. The summed E-state index contributed by atoms with van der Waals surface area (Å²) in [5.74, 6) is 1.34. The Balaban J connectivity index is 2.25. The number of hydrogen-bond acceptors (Lipinski definition) is 3. The molecule has 1 fully saturated rings. The Bertz CT molecular complexity index is 250. The first-order chi connectivity index (χ1) is 7.63. The molecule has 3 nitrogen and oxygen atoms in total. The molecule has 0 aromatic rings. The second kappa shape index (κ2) is 6.69. The van der Waals surface area contributed by atoms with Crippen molar-refractivity contribution < 1.29 is 9.53 Å². The molecule has 2 atom stereocenters. The summed E-state index contributed by atoms with van der Waals surface area (Å²) in [6.07, 6.45) is 4.70. The van der Waals surface area contributed by atoms with Gasteiger partial charge in [-0.2, -0.15) is 0 Å². The van der Waals surface area contributed by atoms with E-state index in [1.54, 1.807) is 0 Å². The number of ether oxygens (including phenoxy) is 1. The Hall–Kier alpha value is -0.830. The average Bonchev–Trinajstić information content (AvgIpc) is 2.24. The fraction of sp³-hybridized carbons (Fsp3) is 0.769. The van der Waals surface area contributed by atoms with Crippen LogP contribution in [0, 0.1) is 11.8 Å². The van der Waals surface area contributed by atoms with Gasteiger partial charge in [0, 0.05) is 19.2 Å². The lowest BCUT2D eigenvalue weighted by molar-refractivity contribution is -0.137. The number of hydrogen-bond donors (Lipinski definition) is 0. The molecule has 0 aromatic carbocycles. The van der Waals surface area contributed by atoms with Gasteiger partial charge in [-0.3, -0.25) is 4.90 Å². The monoisotopic (exact) mass is 225 g/mol. The van der Waals surface area contributed by atoms with Crippen molar-refractivity contribution in [2.45, 2.75) is 27.2 Å². The van der Waals surface area contributed by atoms with E-state index < -0.39 is 0 Å². The molecule has 92 valence electrons. The molecule has 2 unspecified atom stereocenters. The molecule has 1 aliphatic heterocycles. The van der Waals surface area contributed by atoms with Crippen molar-refractivity contribution in [2.24, 2.45) is 11.8 Å². The molecule has 0 aliphatic carbocycles. The summed E-state index contributed by atoms with van der Waals surface area (Å²) in [5.41, 5.74) is 0. The summed E-state index contributed by atoms with van der Waals surface area (Å²) >= 11 is 0. The van der Waals surface area contributed by atoms with Gasteiger partial charge in [-0.25, -0.2) is 4.79 Å². The van der Waals surface area contributed by atoms with Gasteiger partial charge >= 0.3 is 5.97 Å². The van der Waals surface area contributed by atoms with Gasteiger partial charge in [0.25, 0.3) is 0 Å². The van der Waals surface area contributed by atoms with E-state index >= 15 is 0 Å². The van der Waals surface area contributed by atoms with Crippen LogP contribution in [-0.4, -0.2) is 37.1 Å². The zero-order valence-electron chi connectivity index (χ0n) is 10.6. The van der Waals surface area contributed by atoms with Crippen LogP contribution in [0.3, 0.4) is 0 Å². The van der Waals surface area contributed by atoms with Crippen LogP contribution >= 0.6 is 0 Å². The second-order valence-electron chi connectivity index (χ2n) is 4.66. The third-order valence-corrected chi connectivity index (χ3v) is 3.32. The van der Waals surface area contributed by atoms with Gasteiger partial charge in [-0.1, -0.05) is 19.9 Å². The smallest absolute Gasteiger partial charge is 0.330 e. The maximum atomic E-state index is 11.1. The maximum absolute atomic E-state index is 11.1. The zero-order valence-corrected chi connectivity index (χ0v) is 10.6. The molecule has 3 heteroatoms. The second-order valence-corrected chi connectivity index (χ2v) is 4.66. The molecule has 1 aliphatic rings. The summed E-state index contributed by atoms with van der Waals surface area (Å²) in [7, 11) is 0. The minimum absolute atomic E-state index is 0.235. The quantitative estimate of drug-likeness (QED) is 0.542. The van der Waals surface area contributed by atoms with E-state index in [9.17, 15) is 4.79 Å². The van der Waals surface area contributed by atoms with Gasteiger partial charge in [0.1, 0.15) is 0 Å². The lowest BCUT2D eigenvalue weighted by Gasteiger charge is -2.34. The van der Waals surface area contributed by atoms with E-state index in [1.165, 1.54) is 12.5 Å². The molecule has 0 aromatic heterocycles. The number of carbonyl (C=O) groups excluding carboxylic acids is 1. The highest BCUT2D eigenvalue weighted by atomic mass is 16.5. The largest absolute Gasteiger partial charge is 0.463 e. The molecule has 0 N–H and O–H groups in total. The van der Waals surface area contributed by atoms with Crippen molar-refractivity contribution in [1.29, 1.82) is 0 Å². The molecule has 0 amide bonds. The fourth-order valence-electron chi connectivity index (χ4n) is 2.00. The van der Waals surface area contributed by atoms with E-state index in [0.29, 0.717) is 6.61 Å². The number of esters is 1. The van der Waals surface area contributed by atoms with Crippen molar-refractivity contribution >= 4 is 5.97 Å². The van der Waals surface area contributed by atoms with Gasteiger partial charge in [0.2, 0.25) is 0 Å². The summed E-state index contributed by atoms with van der Waals surface area (Å²) < 4.78 is 4.83. The van der Waals surface area contributed by atoms with Crippen molar-refractivity contribution in [3.8, 4) is 0 Å². The molecule has 0 bridgehead atoms. The Morgan fingerprint density at radius 3 is 2.81 bits per heavy atom. The number of piperidine rings is 1. The molecule has 16 heavy (non-hydrogen) atoms. The highest BCUT2D eigenvalue weighted by Crippen LogP contribution is 2.21. The van der Waals surface area contributed by atoms with Crippen LogP contribution in [0.15, 0.2) is 12.2 Å². The number of nitrogens with zero attached hydrogens (tertiary/aromatic N) is 1. The maximum Gasteiger partial charge on any atom is 0.330 e. The van der Waals surface area contributed by atoms with Crippen molar-refractivity contribution in [3.63, 3.8) is 0 Å². The van der Waals surface area contributed by atoms with Crippen molar-refractivity contribution in [2.75, 3.05) is 26.2 Å². The molecule has 1 heterocycles. The first kappa shape index (κ1) is 13.2. The summed E-state index contributed by atoms with van der Waals surface area (Å²) in [6, 6.07) is 0. The van der Waals surface area contributed by atoms with Gasteiger partial charge < -0.3 is 4.74 Å². The molecule has 1 rings (SSSR count). The minimum atomic E-state index is -0.235. The first-order valence-corrected chi connectivity index (χ1v) is 6.19. The van der Waals surface area contributed by atoms with Gasteiger partial charge in [0.15, 0.2) is 0 Å². The lowest BCUT2D eigenvalue weighted by Crippen LogP contribution is -2.38. The summed E-state index contributed by atoms with van der Waals surface area (Å²) in [5, 5.41) is 0. The molecule has 0 radical (unpaired) electrons. The Morgan fingerprint density at radius 1 is 1.44 bits per heavy atom. The zero-order chi connectivity index (χ0) is 12.0. The third kappa shape index (κ3) is 4.35. The minimum Gasteiger partial charge on any atom is -0.463 e. The number of rotatable bonds is 4. The van der Waals surface area contributed by atoms with E-state index in [0.717, 1.165) is 31.5 Å². The van der Waals surface area contributed by atoms with Gasteiger partial charge in [-0.15, -0.1) is 0 Å². The predicted octanol–water partition coefficient (Wildman–Crippen LogP) is 2.08. The molecule has 0 saturated carbocycles. The van der Waals surface area contributed by atoms with E-state index in [4.69, 9.17) is 4.74 Å². The average molecular weight is 225 g/mol. The van der Waals surface area contributed by atoms with Crippen LogP contribution in [0.5, 0.6) is 0 Å². The Morgan fingerprint density at radius 2 is 2.19 bits per heavy atom. The number of carbonyl (C=O) groups is 1. The fourth-order valence-corrected chi connectivity index (χ4v) is 2.00. The van der Waals surface area contributed by atoms with Crippen LogP contribution in [0.1, 0.15) is 27.2 Å². The van der Waals surface area contributed by atoms with Crippen molar-refractivity contribution in [1.82, 2.24) is 4.90 Å². The SMILES string of the molecule is CCOC(=O)/C=C/CN1CCC(C)C(C)C1.